The van der Waals surface area contributed by atoms with E-state index in [0.29, 0.717) is 52.8 Å². The largest absolute Gasteiger partial charge is 0.494 e. The third-order valence-electron chi connectivity index (χ3n) is 5.62. The maximum absolute atomic E-state index is 13.3. The zero-order valence-electron chi connectivity index (χ0n) is 21.2. The Morgan fingerprint density at radius 3 is 2.34 bits per heavy atom. The molecule has 0 radical (unpaired) electrons. The van der Waals surface area contributed by atoms with Crippen molar-refractivity contribution in [1.29, 1.82) is 0 Å². The van der Waals surface area contributed by atoms with Gasteiger partial charge in [0.2, 0.25) is 0 Å². The van der Waals surface area contributed by atoms with Gasteiger partial charge in [-0.2, -0.15) is 0 Å². The van der Waals surface area contributed by atoms with Crippen molar-refractivity contribution in [2.24, 2.45) is 0 Å². The number of anilines is 1. The van der Waals surface area contributed by atoms with Crippen molar-refractivity contribution in [2.45, 2.75) is 27.4 Å². The Balaban J connectivity index is 1.63. The van der Waals surface area contributed by atoms with Gasteiger partial charge >= 0.3 is 6.03 Å². The highest BCUT2D eigenvalue weighted by atomic mass is 79.9. The van der Waals surface area contributed by atoms with Crippen LogP contribution in [-0.4, -0.2) is 31.1 Å². The summed E-state index contributed by atoms with van der Waals surface area (Å²) in [6.45, 7) is 6.92. The van der Waals surface area contributed by atoms with Gasteiger partial charge in [-0.15, -0.1) is 0 Å². The highest BCUT2D eigenvalue weighted by Crippen LogP contribution is 2.38. The summed E-state index contributed by atoms with van der Waals surface area (Å²) in [6.07, 6.45) is 1.42. The molecule has 3 aromatic rings. The molecule has 1 aliphatic rings. The Labute approximate surface area is 229 Å². The zero-order valence-corrected chi connectivity index (χ0v) is 22.8. The molecule has 1 N–H and O–H groups in total. The zero-order chi connectivity index (χ0) is 27.2. The lowest BCUT2D eigenvalue weighted by atomic mass is 10.1. The van der Waals surface area contributed by atoms with Crippen molar-refractivity contribution >= 4 is 45.5 Å². The second-order valence-electron chi connectivity index (χ2n) is 8.43. The molecular weight excluding hydrogens is 552 g/mol. The Kier molecular flexibility index (Phi) is 8.48. The van der Waals surface area contributed by atoms with Crippen molar-refractivity contribution in [3.8, 4) is 17.2 Å². The summed E-state index contributed by atoms with van der Waals surface area (Å²) in [6, 6.07) is 17.1. The minimum atomic E-state index is -0.822. The molecule has 4 rings (SSSR count). The molecule has 196 valence electrons. The fraction of sp³-hybridized carbons (Fsp3) is 0.207. The van der Waals surface area contributed by atoms with Crippen molar-refractivity contribution in [2.75, 3.05) is 18.1 Å². The van der Waals surface area contributed by atoms with E-state index in [9.17, 15) is 14.4 Å². The average Bonchev–Trinajstić information content (AvgIpc) is 2.87. The van der Waals surface area contributed by atoms with Gasteiger partial charge in [-0.25, -0.2) is 9.69 Å². The second kappa shape index (κ2) is 12.0. The van der Waals surface area contributed by atoms with Crippen LogP contribution in [0.3, 0.4) is 0 Å². The number of carbonyl (C=O) groups excluding carboxylic acids is 3. The molecule has 9 heteroatoms. The molecule has 0 saturated carbocycles. The number of nitrogens with one attached hydrogen (secondary N) is 1. The number of benzene rings is 3. The van der Waals surface area contributed by atoms with Gasteiger partial charge in [0.05, 0.1) is 23.4 Å². The third-order valence-corrected chi connectivity index (χ3v) is 6.21. The summed E-state index contributed by atoms with van der Waals surface area (Å²) < 4.78 is 17.9. The smallest absolute Gasteiger partial charge is 0.335 e. The summed E-state index contributed by atoms with van der Waals surface area (Å²) in [5, 5.41) is 2.24. The van der Waals surface area contributed by atoms with Gasteiger partial charge in [-0.3, -0.25) is 14.9 Å². The number of imide groups is 2. The van der Waals surface area contributed by atoms with Gasteiger partial charge in [0.15, 0.2) is 11.5 Å². The molecule has 3 aromatic carbocycles. The van der Waals surface area contributed by atoms with E-state index in [2.05, 4.69) is 21.2 Å². The minimum Gasteiger partial charge on any atom is -0.494 e. The summed E-state index contributed by atoms with van der Waals surface area (Å²) in [5.41, 5.74) is 2.77. The Hall–Kier alpha value is -4.11. The van der Waals surface area contributed by atoms with Crippen LogP contribution in [0.1, 0.15) is 30.5 Å². The van der Waals surface area contributed by atoms with Gasteiger partial charge in [0, 0.05) is 0 Å². The summed E-state index contributed by atoms with van der Waals surface area (Å²) in [5.74, 6) is 0.0318. The number of urea groups is 1. The van der Waals surface area contributed by atoms with Crippen LogP contribution in [0.15, 0.2) is 70.7 Å². The van der Waals surface area contributed by atoms with Gasteiger partial charge in [0.1, 0.15) is 17.9 Å². The number of ether oxygens (including phenoxy) is 3. The minimum absolute atomic E-state index is 0.193. The van der Waals surface area contributed by atoms with Crippen LogP contribution in [0.2, 0.25) is 0 Å². The molecule has 0 spiro atoms. The molecule has 8 nitrogen and oxygen atoms in total. The Morgan fingerprint density at radius 2 is 1.66 bits per heavy atom. The summed E-state index contributed by atoms with van der Waals surface area (Å²) in [4.78, 5) is 39.4. The molecule has 0 atom stereocenters. The van der Waals surface area contributed by atoms with Crippen LogP contribution in [0, 0.1) is 6.92 Å². The van der Waals surface area contributed by atoms with Gasteiger partial charge in [0.25, 0.3) is 11.8 Å². The normalized spacial score (nSPS) is 14.5. The first-order chi connectivity index (χ1) is 18.3. The van der Waals surface area contributed by atoms with E-state index in [1.54, 1.807) is 36.4 Å². The standard InChI is InChI=1S/C29H27BrN2O6/c1-4-36-22-11-9-21(10-12-22)32-28(34)23(27(33)31-29(32)35)14-20-15-24(30)26(25(16-20)37-5-2)38-17-19-8-6-7-18(3)13-19/h6-16H,4-5,17H2,1-3H3,(H,31,33,35)/b23-14+. The third kappa shape index (κ3) is 6.06. The topological polar surface area (TPSA) is 94.2 Å². The number of rotatable bonds is 9. The van der Waals surface area contributed by atoms with Crippen LogP contribution in [0.4, 0.5) is 10.5 Å². The van der Waals surface area contributed by atoms with Crippen molar-refractivity contribution in [3.05, 3.63) is 87.4 Å². The summed E-state index contributed by atoms with van der Waals surface area (Å²) >= 11 is 3.53. The molecular formula is C29H27BrN2O6. The first-order valence-electron chi connectivity index (χ1n) is 12.1. The number of nitrogens with zero attached hydrogens (tertiary/aromatic N) is 1. The number of aryl methyl sites for hydroxylation is 1. The number of amides is 4. The van der Waals surface area contributed by atoms with E-state index in [0.717, 1.165) is 16.0 Å². The van der Waals surface area contributed by atoms with Crippen LogP contribution in [0.25, 0.3) is 6.08 Å². The Bertz CT molecular complexity index is 1400. The molecule has 1 fully saturated rings. The quantitative estimate of drug-likeness (QED) is 0.255. The molecule has 0 unspecified atom stereocenters. The SMILES string of the molecule is CCOc1ccc(N2C(=O)NC(=O)/C(=C\c3cc(Br)c(OCc4cccc(C)c4)c(OCC)c3)C2=O)cc1. The first-order valence-corrected chi connectivity index (χ1v) is 12.9. The summed E-state index contributed by atoms with van der Waals surface area (Å²) in [7, 11) is 0. The van der Waals surface area contributed by atoms with Crippen LogP contribution in [-0.2, 0) is 16.2 Å². The predicted octanol–water partition coefficient (Wildman–Crippen LogP) is 5.80. The van der Waals surface area contributed by atoms with E-state index in [4.69, 9.17) is 14.2 Å². The number of carbonyl (C=O) groups is 3. The number of barbiturate groups is 1. The average molecular weight is 579 g/mol. The predicted molar refractivity (Wildman–Crippen MR) is 147 cm³/mol. The van der Waals surface area contributed by atoms with Crippen LogP contribution in [0.5, 0.6) is 17.2 Å². The number of hydrogen-bond donors (Lipinski definition) is 1. The maximum Gasteiger partial charge on any atom is 0.335 e. The first kappa shape index (κ1) is 26.9. The lowest BCUT2D eigenvalue weighted by Crippen LogP contribution is -2.54. The second-order valence-corrected chi connectivity index (χ2v) is 9.28. The van der Waals surface area contributed by atoms with Crippen molar-refractivity contribution in [3.63, 3.8) is 0 Å². The fourth-order valence-electron chi connectivity index (χ4n) is 3.95. The molecule has 4 amide bonds. The number of hydrogen-bond acceptors (Lipinski definition) is 6. The molecule has 0 aromatic heterocycles. The van der Waals surface area contributed by atoms with Gasteiger partial charge < -0.3 is 14.2 Å². The lowest BCUT2D eigenvalue weighted by molar-refractivity contribution is -0.122. The highest BCUT2D eigenvalue weighted by Gasteiger charge is 2.37. The van der Waals surface area contributed by atoms with Gasteiger partial charge in [-0.05, 0) is 90.3 Å². The molecule has 1 heterocycles. The monoisotopic (exact) mass is 578 g/mol. The maximum atomic E-state index is 13.3. The van der Waals surface area contributed by atoms with Crippen LogP contribution >= 0.6 is 15.9 Å². The van der Waals surface area contributed by atoms with Crippen LogP contribution < -0.4 is 24.4 Å². The highest BCUT2D eigenvalue weighted by molar-refractivity contribution is 9.10. The lowest BCUT2D eigenvalue weighted by Gasteiger charge is -2.26. The molecule has 1 aliphatic heterocycles. The van der Waals surface area contributed by atoms with E-state index in [1.165, 1.54) is 6.08 Å². The molecule has 1 saturated heterocycles. The van der Waals surface area contributed by atoms with Gasteiger partial charge in [-0.1, -0.05) is 29.8 Å². The number of halogens is 1. The molecule has 0 aliphatic carbocycles. The van der Waals surface area contributed by atoms with Crippen molar-refractivity contribution < 1.29 is 28.6 Å². The Morgan fingerprint density at radius 1 is 0.921 bits per heavy atom. The molecule has 0 bridgehead atoms. The van der Waals surface area contributed by atoms with E-state index in [1.807, 2.05) is 45.0 Å². The fourth-order valence-corrected chi connectivity index (χ4v) is 4.52. The van der Waals surface area contributed by atoms with E-state index in [-0.39, 0.29) is 5.57 Å². The van der Waals surface area contributed by atoms with E-state index >= 15 is 0 Å². The van der Waals surface area contributed by atoms with Crippen molar-refractivity contribution in [1.82, 2.24) is 5.32 Å². The molecule has 38 heavy (non-hydrogen) atoms. The van der Waals surface area contributed by atoms with E-state index < -0.39 is 17.8 Å².